The third-order valence-electron chi connectivity index (χ3n) is 6.92. The van der Waals surface area contributed by atoms with Crippen LogP contribution in [0.3, 0.4) is 0 Å². The molecule has 2 spiro atoms. The molecule has 0 aliphatic carbocycles. The molecular weight excluding hydrogens is 445 g/mol. The van der Waals surface area contributed by atoms with Gasteiger partial charge >= 0.3 is 0 Å². The number of para-hydroxylation sites is 1. The summed E-state index contributed by atoms with van der Waals surface area (Å²) in [5.74, 6) is -0.973. The number of carbonyl (C=O) groups excluding carboxylic acids is 2. The Labute approximate surface area is 195 Å². The molecule has 0 N–H and O–H groups in total. The van der Waals surface area contributed by atoms with E-state index in [-0.39, 0.29) is 23.4 Å². The fourth-order valence-electron chi connectivity index (χ4n) is 5.31. The molecule has 4 heterocycles. The predicted octanol–water partition coefficient (Wildman–Crippen LogP) is 2.90. The van der Waals surface area contributed by atoms with Crippen molar-refractivity contribution in [1.29, 1.82) is 0 Å². The minimum Gasteiger partial charge on any atom is -0.347 e. The minimum atomic E-state index is -1.18. The highest BCUT2D eigenvalue weighted by Crippen LogP contribution is 2.55. The van der Waals surface area contributed by atoms with Crippen LogP contribution in [0.4, 0.5) is 15.8 Å². The zero-order chi connectivity index (χ0) is 22.6. The monoisotopic (exact) mass is 469 g/mol. The second kappa shape index (κ2) is 7.80. The highest BCUT2D eigenvalue weighted by atomic mass is 32.2. The summed E-state index contributed by atoms with van der Waals surface area (Å²) in [6.07, 6.45) is 1.52. The van der Waals surface area contributed by atoms with E-state index in [1.807, 2.05) is 24.3 Å². The topological polar surface area (TPSA) is 62.3 Å². The summed E-state index contributed by atoms with van der Waals surface area (Å²) in [7, 11) is 0. The molecule has 0 saturated carbocycles. The molecule has 172 valence electrons. The van der Waals surface area contributed by atoms with Gasteiger partial charge in [0.05, 0.1) is 31.3 Å². The van der Waals surface area contributed by atoms with Gasteiger partial charge in [0.1, 0.15) is 5.82 Å². The first-order valence-electron chi connectivity index (χ1n) is 11.2. The number of likely N-dealkylation sites (tertiary alicyclic amines) is 1. The Hall–Kier alpha value is -2.46. The number of thioether (sulfide) groups is 1. The van der Waals surface area contributed by atoms with E-state index in [0.717, 1.165) is 37.2 Å². The van der Waals surface area contributed by atoms with Gasteiger partial charge in [0.25, 0.3) is 5.91 Å². The Kier molecular flexibility index (Phi) is 4.99. The van der Waals surface area contributed by atoms with Crippen LogP contribution in [-0.2, 0) is 23.9 Å². The first-order chi connectivity index (χ1) is 16.0. The van der Waals surface area contributed by atoms with E-state index < -0.39 is 10.7 Å². The molecule has 0 aromatic heterocycles. The van der Waals surface area contributed by atoms with E-state index in [2.05, 4.69) is 4.90 Å². The number of ether oxygens (including phenoxy) is 2. The molecule has 3 saturated heterocycles. The highest BCUT2D eigenvalue weighted by Gasteiger charge is 2.61. The van der Waals surface area contributed by atoms with E-state index in [1.165, 1.54) is 23.9 Å². The predicted molar refractivity (Wildman–Crippen MR) is 122 cm³/mol. The van der Waals surface area contributed by atoms with E-state index >= 15 is 0 Å². The van der Waals surface area contributed by atoms with Gasteiger partial charge in [0.15, 0.2) is 5.79 Å². The largest absolute Gasteiger partial charge is 0.347 e. The lowest BCUT2D eigenvalue weighted by Crippen LogP contribution is -2.53. The molecule has 0 unspecified atom stereocenters. The van der Waals surface area contributed by atoms with Crippen molar-refractivity contribution in [3.8, 4) is 0 Å². The Morgan fingerprint density at radius 1 is 0.970 bits per heavy atom. The minimum absolute atomic E-state index is 0.141. The second-order valence-electron chi connectivity index (χ2n) is 8.76. The first kappa shape index (κ1) is 21.1. The van der Waals surface area contributed by atoms with Crippen molar-refractivity contribution in [2.45, 2.75) is 23.5 Å². The van der Waals surface area contributed by atoms with Crippen LogP contribution >= 0.6 is 11.8 Å². The number of hydrogen-bond acceptors (Lipinski definition) is 6. The van der Waals surface area contributed by atoms with Gasteiger partial charge in [0.2, 0.25) is 10.8 Å². The lowest BCUT2D eigenvalue weighted by atomic mass is 10.0. The van der Waals surface area contributed by atoms with Gasteiger partial charge in [-0.1, -0.05) is 18.2 Å². The van der Waals surface area contributed by atoms with Crippen LogP contribution in [0.1, 0.15) is 18.4 Å². The number of benzene rings is 2. The molecule has 33 heavy (non-hydrogen) atoms. The van der Waals surface area contributed by atoms with Crippen LogP contribution in [0.2, 0.25) is 0 Å². The molecule has 6 rings (SSSR count). The fourth-order valence-corrected chi connectivity index (χ4v) is 6.67. The number of amides is 2. The molecule has 4 aliphatic rings. The van der Waals surface area contributed by atoms with Gasteiger partial charge < -0.3 is 9.47 Å². The summed E-state index contributed by atoms with van der Waals surface area (Å²) in [5, 5.41) is 0. The molecule has 0 radical (unpaired) electrons. The molecule has 2 aromatic rings. The van der Waals surface area contributed by atoms with Crippen molar-refractivity contribution in [1.82, 2.24) is 4.90 Å². The summed E-state index contributed by atoms with van der Waals surface area (Å²) in [6, 6.07) is 13.4. The van der Waals surface area contributed by atoms with Crippen molar-refractivity contribution < 1.29 is 23.5 Å². The number of halogens is 1. The molecule has 0 bridgehead atoms. The van der Waals surface area contributed by atoms with Crippen molar-refractivity contribution in [2.75, 3.05) is 48.5 Å². The summed E-state index contributed by atoms with van der Waals surface area (Å²) in [4.78, 5) is 31.5. The number of fused-ring (bicyclic) bond motifs is 2. The van der Waals surface area contributed by atoms with Gasteiger partial charge in [-0.05, 0) is 30.3 Å². The van der Waals surface area contributed by atoms with Crippen LogP contribution in [0.25, 0.3) is 0 Å². The average molecular weight is 470 g/mol. The molecule has 9 heteroatoms. The highest BCUT2D eigenvalue weighted by molar-refractivity contribution is 8.02. The second-order valence-corrected chi connectivity index (χ2v) is 9.92. The molecule has 7 nitrogen and oxygen atoms in total. The quantitative estimate of drug-likeness (QED) is 0.689. The number of carbonyl (C=O) groups is 2. The number of hydrogen-bond donors (Lipinski definition) is 0. The smallest absolute Gasteiger partial charge is 0.269 e. The third kappa shape index (κ3) is 3.21. The lowest BCUT2D eigenvalue weighted by Gasteiger charge is -2.39. The van der Waals surface area contributed by atoms with Crippen molar-refractivity contribution in [3.05, 3.63) is 59.9 Å². The molecule has 1 atom stereocenters. The Morgan fingerprint density at radius 2 is 1.67 bits per heavy atom. The van der Waals surface area contributed by atoms with E-state index in [1.54, 1.807) is 21.9 Å². The van der Waals surface area contributed by atoms with Crippen molar-refractivity contribution in [2.24, 2.45) is 0 Å². The van der Waals surface area contributed by atoms with E-state index in [0.29, 0.717) is 25.6 Å². The third-order valence-corrected chi connectivity index (χ3v) is 8.31. The van der Waals surface area contributed by atoms with Gasteiger partial charge in [-0.25, -0.2) is 4.39 Å². The fraction of sp³-hybridized carbons (Fsp3) is 0.417. The van der Waals surface area contributed by atoms with Crippen LogP contribution in [0.5, 0.6) is 0 Å². The van der Waals surface area contributed by atoms with Gasteiger partial charge in [-0.15, -0.1) is 11.8 Å². The van der Waals surface area contributed by atoms with Crippen LogP contribution in [0.15, 0.2) is 48.5 Å². The van der Waals surface area contributed by atoms with Crippen molar-refractivity contribution >= 4 is 35.0 Å². The molecule has 3 fully saturated rings. The number of rotatable bonds is 3. The van der Waals surface area contributed by atoms with Crippen molar-refractivity contribution in [3.63, 3.8) is 0 Å². The Balaban J connectivity index is 1.32. The zero-order valence-corrected chi connectivity index (χ0v) is 18.9. The van der Waals surface area contributed by atoms with Crippen LogP contribution in [0, 0.1) is 5.82 Å². The Morgan fingerprint density at radius 3 is 2.39 bits per heavy atom. The number of piperidine rings is 1. The summed E-state index contributed by atoms with van der Waals surface area (Å²) in [6.45, 7) is 3.20. The van der Waals surface area contributed by atoms with Gasteiger partial charge in [-0.3, -0.25) is 24.3 Å². The standard InChI is InChI=1S/C24H24FN3O4S/c25-17-5-7-18(8-6-17)28-21(29)15-33-24(28)19-3-1-2-4-20(19)27(22(24)30)16-26-11-9-23(10-12-26)31-13-14-32-23/h1-8H,9-16H2/t24-/m0/s1. The molecule has 4 aliphatic heterocycles. The maximum Gasteiger partial charge on any atom is 0.269 e. The van der Waals surface area contributed by atoms with Gasteiger partial charge in [-0.2, -0.15) is 0 Å². The Bertz CT molecular complexity index is 1100. The molecular formula is C24H24FN3O4S. The number of nitrogens with zero attached hydrogens (tertiary/aromatic N) is 3. The van der Waals surface area contributed by atoms with E-state index in [4.69, 9.17) is 9.47 Å². The maximum absolute atomic E-state index is 14.1. The van der Waals surface area contributed by atoms with Crippen LogP contribution in [-0.4, -0.2) is 61.2 Å². The van der Waals surface area contributed by atoms with E-state index in [9.17, 15) is 14.0 Å². The van der Waals surface area contributed by atoms with Crippen LogP contribution < -0.4 is 9.80 Å². The van der Waals surface area contributed by atoms with Gasteiger partial charge in [0, 0.05) is 37.2 Å². The summed E-state index contributed by atoms with van der Waals surface area (Å²) >= 11 is 1.33. The average Bonchev–Trinajstić information content (AvgIpc) is 3.49. The number of anilines is 2. The first-order valence-corrected chi connectivity index (χ1v) is 12.2. The lowest BCUT2D eigenvalue weighted by molar-refractivity contribution is -0.185. The zero-order valence-electron chi connectivity index (χ0n) is 18.0. The molecule has 2 aromatic carbocycles. The summed E-state index contributed by atoms with van der Waals surface area (Å²) in [5.41, 5.74) is 2.13. The normalized spacial score (nSPS) is 26.7. The molecule has 2 amide bonds. The summed E-state index contributed by atoms with van der Waals surface area (Å²) < 4.78 is 25.2. The SMILES string of the molecule is O=C1CS[C@@]2(C(=O)N(CN3CCC4(CC3)OCCO4)c3ccccc32)N1c1ccc(F)cc1. The maximum atomic E-state index is 14.1.